The summed E-state index contributed by atoms with van der Waals surface area (Å²) in [4.78, 5) is 11.5. The molecule has 0 aromatic carbocycles. The van der Waals surface area contributed by atoms with Crippen molar-refractivity contribution in [1.82, 2.24) is 10.6 Å². The fourth-order valence-electron chi connectivity index (χ4n) is 1.41. The second-order valence-corrected chi connectivity index (χ2v) is 4.31. The molecule has 0 saturated heterocycles. The number of carbonyl (C=O) groups excluding carboxylic acids is 1. The van der Waals surface area contributed by atoms with Gasteiger partial charge >= 0.3 is 0 Å². The van der Waals surface area contributed by atoms with Crippen molar-refractivity contribution >= 4 is 5.91 Å². The molecule has 0 aliphatic rings. The zero-order chi connectivity index (χ0) is 15.5. The minimum atomic E-state index is -1.88. The number of aliphatic hydroxyl groups is 5. The Morgan fingerprint density at radius 2 is 1.80 bits per heavy atom. The summed E-state index contributed by atoms with van der Waals surface area (Å²) in [5, 5.41) is 51.4. The van der Waals surface area contributed by atoms with Crippen LogP contribution in [0.4, 0.5) is 0 Å². The van der Waals surface area contributed by atoms with Crippen LogP contribution in [0.2, 0.25) is 0 Å². The van der Waals surface area contributed by atoms with Crippen molar-refractivity contribution in [2.24, 2.45) is 0 Å². The molecule has 0 fully saturated rings. The molecule has 0 aromatic rings. The highest BCUT2D eigenvalue weighted by Crippen LogP contribution is 2.05. The molecule has 0 bridgehead atoms. The third-order valence-corrected chi connectivity index (χ3v) is 2.64. The smallest absolute Gasteiger partial charge is 0.251 e. The zero-order valence-corrected chi connectivity index (χ0v) is 11.3. The van der Waals surface area contributed by atoms with E-state index in [0.29, 0.717) is 19.5 Å². The Balaban J connectivity index is 3.98. The van der Waals surface area contributed by atoms with E-state index < -0.39 is 36.9 Å². The van der Waals surface area contributed by atoms with Crippen molar-refractivity contribution in [3.63, 3.8) is 0 Å². The van der Waals surface area contributed by atoms with Gasteiger partial charge in [0.1, 0.15) is 18.3 Å². The summed E-state index contributed by atoms with van der Waals surface area (Å²) in [5.41, 5.74) is 0. The fraction of sp³-hybridized carbons (Fsp3) is 0.750. The molecule has 8 nitrogen and oxygen atoms in total. The minimum absolute atomic E-state index is 0.283. The number of nitrogens with one attached hydrogen (secondary N) is 2. The molecular weight excluding hydrogens is 268 g/mol. The normalized spacial score (nSPS) is 17.1. The first-order valence-corrected chi connectivity index (χ1v) is 6.38. The molecule has 20 heavy (non-hydrogen) atoms. The Hall–Kier alpha value is -1.03. The van der Waals surface area contributed by atoms with Gasteiger partial charge in [0.2, 0.25) is 0 Å². The molecule has 0 rings (SSSR count). The van der Waals surface area contributed by atoms with Crippen LogP contribution in [0.15, 0.2) is 12.7 Å². The summed E-state index contributed by atoms with van der Waals surface area (Å²) >= 11 is 0. The van der Waals surface area contributed by atoms with Crippen molar-refractivity contribution in [3.8, 4) is 0 Å². The summed E-state index contributed by atoms with van der Waals surface area (Å²) < 4.78 is 0. The van der Waals surface area contributed by atoms with E-state index in [0.717, 1.165) is 0 Å². The van der Waals surface area contributed by atoms with Crippen molar-refractivity contribution in [1.29, 1.82) is 0 Å². The monoisotopic (exact) mass is 292 g/mol. The summed E-state index contributed by atoms with van der Waals surface area (Å²) in [6, 6.07) is 0. The maximum absolute atomic E-state index is 11.5. The van der Waals surface area contributed by atoms with Crippen molar-refractivity contribution in [2.75, 3.05) is 26.2 Å². The molecule has 1 amide bonds. The van der Waals surface area contributed by atoms with E-state index in [2.05, 4.69) is 17.2 Å². The summed E-state index contributed by atoms with van der Waals surface area (Å²) in [5.74, 6) is -0.856. The molecule has 118 valence electrons. The first-order valence-electron chi connectivity index (χ1n) is 6.38. The molecule has 4 atom stereocenters. The van der Waals surface area contributed by atoms with Crippen molar-refractivity contribution in [2.45, 2.75) is 30.8 Å². The number of hydrogen-bond donors (Lipinski definition) is 7. The van der Waals surface area contributed by atoms with Crippen LogP contribution in [0, 0.1) is 0 Å². The predicted molar refractivity (Wildman–Crippen MR) is 71.8 cm³/mol. The van der Waals surface area contributed by atoms with Crippen LogP contribution in [0.3, 0.4) is 0 Å². The number of carbonyl (C=O) groups is 1. The molecular formula is C12H24N2O6. The molecule has 0 unspecified atom stereocenters. The van der Waals surface area contributed by atoms with Gasteiger partial charge in [-0.2, -0.15) is 0 Å². The minimum Gasteiger partial charge on any atom is -0.394 e. The quantitative estimate of drug-likeness (QED) is 0.156. The number of aliphatic hydroxyl groups excluding tert-OH is 5. The van der Waals surface area contributed by atoms with Gasteiger partial charge in [-0.05, 0) is 13.0 Å². The van der Waals surface area contributed by atoms with Crippen LogP contribution in [0.1, 0.15) is 6.42 Å². The third kappa shape index (κ3) is 6.94. The lowest BCUT2D eigenvalue weighted by atomic mass is 10.0. The van der Waals surface area contributed by atoms with E-state index >= 15 is 0 Å². The number of hydrogen-bond acceptors (Lipinski definition) is 7. The van der Waals surface area contributed by atoms with Crippen LogP contribution in [0.25, 0.3) is 0 Å². The summed E-state index contributed by atoms with van der Waals surface area (Å²) in [6.07, 6.45) is -4.88. The van der Waals surface area contributed by atoms with Gasteiger partial charge in [0.25, 0.3) is 5.91 Å². The Bertz CT molecular complexity index is 289. The Labute approximate surface area is 117 Å². The maximum Gasteiger partial charge on any atom is 0.251 e. The van der Waals surface area contributed by atoms with Gasteiger partial charge in [0, 0.05) is 13.1 Å². The fourth-order valence-corrected chi connectivity index (χ4v) is 1.41. The average Bonchev–Trinajstić information content (AvgIpc) is 2.47. The zero-order valence-electron chi connectivity index (χ0n) is 11.3. The van der Waals surface area contributed by atoms with E-state index in [1.165, 1.54) is 0 Å². The molecule has 0 heterocycles. The SMILES string of the molecule is C=CCNCCCNC(=O)[C@H](O)[C@@H](O)[C@H](O)[C@H](O)CO. The molecule has 0 aromatic heterocycles. The topological polar surface area (TPSA) is 142 Å². The molecule has 7 N–H and O–H groups in total. The van der Waals surface area contributed by atoms with Crippen LogP contribution < -0.4 is 10.6 Å². The van der Waals surface area contributed by atoms with E-state index in [1.807, 2.05) is 0 Å². The van der Waals surface area contributed by atoms with Crippen LogP contribution in [-0.2, 0) is 4.79 Å². The van der Waals surface area contributed by atoms with E-state index in [1.54, 1.807) is 6.08 Å². The Morgan fingerprint density at radius 1 is 1.15 bits per heavy atom. The highest BCUT2D eigenvalue weighted by atomic mass is 16.4. The van der Waals surface area contributed by atoms with Gasteiger partial charge in [0.15, 0.2) is 6.10 Å². The molecule has 0 aliphatic carbocycles. The summed E-state index contributed by atoms with van der Waals surface area (Å²) in [6.45, 7) is 4.33. The van der Waals surface area contributed by atoms with Gasteiger partial charge in [-0.15, -0.1) is 6.58 Å². The lowest BCUT2D eigenvalue weighted by molar-refractivity contribution is -0.148. The lowest BCUT2D eigenvalue weighted by Crippen LogP contribution is -2.51. The van der Waals surface area contributed by atoms with E-state index in [4.69, 9.17) is 10.2 Å². The Kier molecular flexibility index (Phi) is 10.2. The first kappa shape index (κ1) is 19.0. The second-order valence-electron chi connectivity index (χ2n) is 4.31. The predicted octanol–water partition coefficient (Wildman–Crippen LogP) is -3.30. The number of rotatable bonds is 11. The van der Waals surface area contributed by atoms with Gasteiger partial charge in [-0.1, -0.05) is 6.08 Å². The average molecular weight is 292 g/mol. The highest BCUT2D eigenvalue weighted by molar-refractivity contribution is 5.81. The van der Waals surface area contributed by atoms with Gasteiger partial charge < -0.3 is 36.2 Å². The second kappa shape index (κ2) is 10.7. The van der Waals surface area contributed by atoms with Crippen molar-refractivity contribution < 1.29 is 30.3 Å². The Morgan fingerprint density at radius 3 is 2.35 bits per heavy atom. The van der Waals surface area contributed by atoms with Crippen LogP contribution >= 0.6 is 0 Å². The van der Waals surface area contributed by atoms with Gasteiger partial charge in [0.05, 0.1) is 6.61 Å². The largest absolute Gasteiger partial charge is 0.394 e. The number of amides is 1. The molecule has 0 radical (unpaired) electrons. The van der Waals surface area contributed by atoms with Crippen LogP contribution in [-0.4, -0.2) is 82.1 Å². The maximum atomic E-state index is 11.5. The molecule has 0 aliphatic heterocycles. The standard InChI is InChI=1S/C12H24N2O6/c1-2-4-13-5-3-6-14-12(20)11(19)10(18)9(17)8(16)7-15/h2,8-11,13,15-19H,1,3-7H2,(H,14,20)/t8-,9-,10+,11-/m1/s1. The lowest BCUT2D eigenvalue weighted by Gasteiger charge is -2.24. The van der Waals surface area contributed by atoms with E-state index in [9.17, 15) is 20.1 Å². The van der Waals surface area contributed by atoms with Crippen LogP contribution in [0.5, 0.6) is 0 Å². The highest BCUT2D eigenvalue weighted by Gasteiger charge is 2.33. The van der Waals surface area contributed by atoms with Gasteiger partial charge in [-0.3, -0.25) is 4.79 Å². The summed E-state index contributed by atoms with van der Waals surface area (Å²) in [7, 11) is 0. The molecule has 8 heteroatoms. The third-order valence-electron chi connectivity index (χ3n) is 2.64. The first-order chi connectivity index (χ1) is 9.45. The molecule has 0 saturated carbocycles. The molecule has 0 spiro atoms. The van der Waals surface area contributed by atoms with Gasteiger partial charge in [-0.25, -0.2) is 0 Å². The van der Waals surface area contributed by atoms with E-state index in [-0.39, 0.29) is 6.54 Å². The van der Waals surface area contributed by atoms with Crippen molar-refractivity contribution in [3.05, 3.63) is 12.7 Å².